The summed E-state index contributed by atoms with van der Waals surface area (Å²) in [5.74, 6) is 5.34. The molecule has 2 aromatic rings. The number of hydrazone groups is 1. The molecule has 5 N–H and O–H groups in total. The van der Waals surface area contributed by atoms with Gasteiger partial charge in [-0.2, -0.15) is 10.2 Å². The summed E-state index contributed by atoms with van der Waals surface area (Å²) in [7, 11) is 0. The van der Waals surface area contributed by atoms with E-state index in [1.54, 1.807) is 0 Å². The molecule has 0 radical (unpaired) electrons. The van der Waals surface area contributed by atoms with Gasteiger partial charge in [-0.05, 0) is 38.3 Å². The molecule has 0 atom stereocenters. The van der Waals surface area contributed by atoms with Gasteiger partial charge < -0.3 is 16.9 Å². The number of aromatic nitrogens is 2. The van der Waals surface area contributed by atoms with Crippen LogP contribution in [0.1, 0.15) is 67.0 Å². The van der Waals surface area contributed by atoms with Crippen LogP contribution in [0.5, 0.6) is 0 Å². The third-order valence-corrected chi connectivity index (χ3v) is 5.71. The molecule has 3 rings (SSSR count). The fourth-order valence-corrected chi connectivity index (χ4v) is 4.02. The highest BCUT2D eigenvalue weighted by Gasteiger charge is 2.26. The van der Waals surface area contributed by atoms with Crippen molar-refractivity contribution >= 4 is 23.3 Å². The second kappa shape index (κ2) is 9.78. The number of hydrogen-bond acceptors (Lipinski definition) is 4. The van der Waals surface area contributed by atoms with Crippen LogP contribution in [0.25, 0.3) is 11.3 Å². The number of nitrogens with two attached hydrogens (primary N) is 2. The van der Waals surface area contributed by atoms with E-state index in [1.165, 1.54) is 19.3 Å². The molecule has 1 aliphatic rings. The molecular weight excluding hydrogens is 388 g/mol. The van der Waals surface area contributed by atoms with Crippen molar-refractivity contribution in [3.63, 3.8) is 0 Å². The fraction of sp³-hybridized carbons (Fsp3) is 0.476. The highest BCUT2D eigenvalue weighted by molar-refractivity contribution is 6.30. The van der Waals surface area contributed by atoms with Crippen LogP contribution in [-0.2, 0) is 0 Å². The maximum atomic E-state index is 12.8. The molecule has 1 aliphatic carbocycles. The zero-order valence-corrected chi connectivity index (χ0v) is 17.6. The topological polar surface area (TPSA) is 111 Å². The Bertz CT molecular complexity index is 868. The van der Waals surface area contributed by atoms with Gasteiger partial charge in [-0.1, -0.05) is 43.0 Å². The van der Waals surface area contributed by atoms with Gasteiger partial charge in [0.25, 0.3) is 5.91 Å². The number of hydrogen-bond donors (Lipinski definition) is 3. The van der Waals surface area contributed by atoms with Crippen molar-refractivity contribution in [1.82, 2.24) is 15.1 Å². The average Bonchev–Trinajstić information content (AvgIpc) is 3.09. The Balaban J connectivity index is 1.85. The number of carbonyl (C=O) groups is 1. The predicted octanol–water partition coefficient (Wildman–Crippen LogP) is 3.76. The smallest absolute Gasteiger partial charge is 0.272 e. The van der Waals surface area contributed by atoms with E-state index in [-0.39, 0.29) is 5.91 Å². The molecule has 0 unspecified atom stereocenters. The van der Waals surface area contributed by atoms with Crippen LogP contribution in [0.3, 0.4) is 0 Å². The number of amides is 1. The molecule has 0 bridgehead atoms. The number of halogens is 1. The zero-order chi connectivity index (χ0) is 20.8. The summed E-state index contributed by atoms with van der Waals surface area (Å²) in [6.07, 6.45) is 7.02. The number of nitrogens with zero attached hydrogens (tertiary/aromatic N) is 3. The maximum Gasteiger partial charge on any atom is 0.272 e. The van der Waals surface area contributed by atoms with Crippen LogP contribution in [0.15, 0.2) is 29.4 Å². The summed E-state index contributed by atoms with van der Waals surface area (Å²) in [4.78, 5) is 12.8. The molecule has 1 saturated carbocycles. The first-order valence-corrected chi connectivity index (χ1v) is 10.5. The normalized spacial score (nSPS) is 15.4. The van der Waals surface area contributed by atoms with E-state index < -0.39 is 0 Å². The number of amidine groups is 1. The van der Waals surface area contributed by atoms with Crippen LogP contribution >= 0.6 is 11.6 Å². The Morgan fingerprint density at radius 3 is 2.62 bits per heavy atom. The van der Waals surface area contributed by atoms with E-state index in [2.05, 4.69) is 15.1 Å². The molecule has 0 spiro atoms. The first-order chi connectivity index (χ1) is 14.0. The molecule has 1 amide bonds. The van der Waals surface area contributed by atoms with Gasteiger partial charge in [0.15, 0.2) is 5.69 Å². The summed E-state index contributed by atoms with van der Waals surface area (Å²) in [5, 5.41) is 11.8. The number of rotatable bonds is 7. The van der Waals surface area contributed by atoms with Crippen LogP contribution in [0, 0.1) is 6.92 Å². The van der Waals surface area contributed by atoms with Crippen molar-refractivity contribution < 1.29 is 4.79 Å². The lowest BCUT2D eigenvalue weighted by Gasteiger charge is -2.24. The largest absolute Gasteiger partial charge is 0.386 e. The molecular formula is C21H29ClN6O. The lowest BCUT2D eigenvalue weighted by atomic mass is 9.95. The summed E-state index contributed by atoms with van der Waals surface area (Å²) in [6.45, 7) is 2.45. The van der Waals surface area contributed by atoms with Crippen molar-refractivity contribution in [2.45, 2.75) is 57.9 Å². The van der Waals surface area contributed by atoms with Crippen molar-refractivity contribution in [2.75, 3.05) is 6.54 Å². The molecule has 1 heterocycles. The van der Waals surface area contributed by atoms with Crippen LogP contribution in [-0.4, -0.2) is 28.1 Å². The van der Waals surface area contributed by atoms with Crippen molar-refractivity contribution in [2.24, 2.45) is 16.7 Å². The molecule has 7 nitrogen and oxygen atoms in total. The highest BCUT2D eigenvalue weighted by atomic mass is 35.5. The second-order valence-electron chi connectivity index (χ2n) is 7.55. The lowest BCUT2D eigenvalue weighted by molar-refractivity contribution is 0.0946. The summed E-state index contributed by atoms with van der Waals surface area (Å²) < 4.78 is 2.06. The van der Waals surface area contributed by atoms with Crippen LogP contribution in [0.4, 0.5) is 0 Å². The molecule has 29 heavy (non-hydrogen) atoms. The Kier molecular flexibility index (Phi) is 7.14. The Morgan fingerprint density at radius 1 is 1.28 bits per heavy atom. The van der Waals surface area contributed by atoms with E-state index >= 15 is 0 Å². The third kappa shape index (κ3) is 5.09. The van der Waals surface area contributed by atoms with Gasteiger partial charge in [0, 0.05) is 29.1 Å². The number of nitrogens with one attached hydrogen (secondary N) is 1. The first kappa shape index (κ1) is 21.2. The zero-order valence-electron chi connectivity index (χ0n) is 16.8. The molecule has 0 aliphatic heterocycles. The summed E-state index contributed by atoms with van der Waals surface area (Å²) >= 11 is 6.08. The summed E-state index contributed by atoms with van der Waals surface area (Å²) in [5.41, 5.74) is 8.98. The second-order valence-corrected chi connectivity index (χ2v) is 7.98. The highest BCUT2D eigenvalue weighted by Crippen LogP contribution is 2.35. The minimum atomic E-state index is -0.171. The van der Waals surface area contributed by atoms with Gasteiger partial charge in [0.2, 0.25) is 0 Å². The average molecular weight is 417 g/mol. The SMILES string of the molecule is Cc1c(C(=O)NCCC/C(N)=N/N)nn(C2CCCCC2)c1-c1ccc(Cl)cc1. The maximum absolute atomic E-state index is 12.8. The minimum absolute atomic E-state index is 0.171. The van der Waals surface area contributed by atoms with Crippen molar-refractivity contribution in [1.29, 1.82) is 0 Å². The van der Waals surface area contributed by atoms with E-state index in [9.17, 15) is 4.79 Å². The fourth-order valence-electron chi connectivity index (χ4n) is 3.90. The van der Waals surface area contributed by atoms with Gasteiger partial charge in [0.05, 0.1) is 11.7 Å². The number of carbonyl (C=O) groups excluding carboxylic acids is 1. The van der Waals surface area contributed by atoms with Crippen LogP contribution in [0.2, 0.25) is 5.02 Å². The van der Waals surface area contributed by atoms with Gasteiger partial charge in [-0.15, -0.1) is 0 Å². The Hall–Kier alpha value is -2.54. The van der Waals surface area contributed by atoms with Gasteiger partial charge in [0.1, 0.15) is 5.84 Å². The minimum Gasteiger partial charge on any atom is -0.386 e. The Morgan fingerprint density at radius 2 is 1.97 bits per heavy atom. The standard InChI is InChI=1S/C21H29ClN6O/c1-14-19(21(29)25-13-5-8-18(23)26-24)27-28(17-6-3-2-4-7-17)20(14)15-9-11-16(22)12-10-15/h9-12,17H,2-8,13,24H2,1H3,(H2,23,26)(H,25,29). The van der Waals surface area contributed by atoms with Crippen LogP contribution < -0.4 is 16.9 Å². The molecule has 156 valence electrons. The molecule has 1 aromatic carbocycles. The van der Waals surface area contributed by atoms with E-state index in [4.69, 9.17) is 28.3 Å². The molecule has 1 aromatic heterocycles. The molecule has 8 heteroatoms. The third-order valence-electron chi connectivity index (χ3n) is 5.46. The van der Waals surface area contributed by atoms with E-state index in [0.717, 1.165) is 29.7 Å². The molecule has 1 fully saturated rings. The van der Waals surface area contributed by atoms with E-state index in [1.807, 2.05) is 31.2 Å². The summed E-state index contributed by atoms with van der Waals surface area (Å²) in [6, 6.07) is 8.04. The lowest BCUT2D eigenvalue weighted by Crippen LogP contribution is -2.27. The van der Waals surface area contributed by atoms with Gasteiger partial charge in [-0.3, -0.25) is 9.48 Å². The predicted molar refractivity (Wildman–Crippen MR) is 117 cm³/mol. The van der Waals surface area contributed by atoms with Crippen molar-refractivity contribution in [3.05, 3.63) is 40.5 Å². The number of benzene rings is 1. The monoisotopic (exact) mass is 416 g/mol. The quantitative estimate of drug-likeness (QED) is 0.210. The molecule has 0 saturated heterocycles. The van der Waals surface area contributed by atoms with Gasteiger partial charge in [-0.25, -0.2) is 0 Å². The first-order valence-electron chi connectivity index (χ1n) is 10.2. The van der Waals surface area contributed by atoms with E-state index in [0.29, 0.717) is 42.0 Å². The Labute approximate surface area is 176 Å². The van der Waals surface area contributed by atoms with Gasteiger partial charge >= 0.3 is 0 Å². The van der Waals surface area contributed by atoms with Crippen molar-refractivity contribution in [3.8, 4) is 11.3 Å².